The fraction of sp³-hybridized carbons (Fsp3) is 0.684. The predicted octanol–water partition coefficient (Wildman–Crippen LogP) is 4.88. The second-order valence-corrected chi connectivity index (χ2v) is 5.82. The number of hydrogen-bond donors (Lipinski definition) is 0. The summed E-state index contributed by atoms with van der Waals surface area (Å²) in [6.07, 6.45) is 4.04. The van der Waals surface area contributed by atoms with Gasteiger partial charge in [-0.05, 0) is 69.0 Å². The highest BCUT2D eigenvalue weighted by Crippen LogP contribution is 2.47. The third kappa shape index (κ3) is 2.93. The molecular weight excluding hydrogens is 242 g/mol. The molecule has 1 unspecified atom stereocenters. The van der Waals surface area contributed by atoms with Crippen LogP contribution >= 0.6 is 0 Å². The van der Waals surface area contributed by atoms with E-state index in [1.165, 1.54) is 43.5 Å². The number of aryl methyl sites for hydroxylation is 2. The zero-order valence-corrected chi connectivity index (χ0v) is 14.6. The van der Waals surface area contributed by atoms with Gasteiger partial charge in [-0.2, -0.15) is 0 Å². The first-order chi connectivity index (χ1) is 9.62. The van der Waals surface area contributed by atoms with E-state index < -0.39 is 0 Å². The molecule has 2 aliphatic rings. The van der Waals surface area contributed by atoms with Gasteiger partial charge in [-0.1, -0.05) is 39.8 Å². The molecule has 114 valence electrons. The molecular formula is C19H33N. The minimum absolute atomic E-state index is 0.500. The van der Waals surface area contributed by atoms with Gasteiger partial charge in [0.15, 0.2) is 0 Å². The van der Waals surface area contributed by atoms with Crippen molar-refractivity contribution in [3.8, 4) is 0 Å². The first-order valence-corrected chi connectivity index (χ1v) is 8.40. The summed E-state index contributed by atoms with van der Waals surface area (Å²) in [6, 6.07) is 4.62. The van der Waals surface area contributed by atoms with E-state index in [-0.39, 0.29) is 0 Å². The molecule has 1 aromatic rings. The summed E-state index contributed by atoms with van der Waals surface area (Å²) in [4.78, 5) is 2.50. The summed E-state index contributed by atoms with van der Waals surface area (Å²) in [5.74, 6) is 0. The summed E-state index contributed by atoms with van der Waals surface area (Å²) in [7, 11) is 2.26. The summed E-state index contributed by atoms with van der Waals surface area (Å²) in [5, 5.41) is 0. The van der Waals surface area contributed by atoms with Crippen LogP contribution in [0.4, 0.5) is 0 Å². The van der Waals surface area contributed by atoms with Crippen LogP contribution < -0.4 is 0 Å². The van der Waals surface area contributed by atoms with Crippen LogP contribution in [0.1, 0.15) is 62.8 Å². The van der Waals surface area contributed by atoms with E-state index in [1.807, 2.05) is 27.7 Å². The van der Waals surface area contributed by atoms with Gasteiger partial charge >= 0.3 is 0 Å². The second kappa shape index (κ2) is 7.26. The maximum absolute atomic E-state index is 2.50. The lowest BCUT2D eigenvalue weighted by Gasteiger charge is -2.26. The fourth-order valence-electron chi connectivity index (χ4n) is 3.91. The summed E-state index contributed by atoms with van der Waals surface area (Å²) in [6.45, 7) is 15.1. The largest absolute Gasteiger partial charge is 0.305 e. The van der Waals surface area contributed by atoms with Crippen molar-refractivity contribution in [3.63, 3.8) is 0 Å². The number of benzene rings is 1. The number of rotatable bonds is 0. The van der Waals surface area contributed by atoms with Gasteiger partial charge in [0.25, 0.3) is 0 Å². The highest BCUT2D eigenvalue weighted by atomic mass is 15.1. The van der Waals surface area contributed by atoms with Crippen molar-refractivity contribution < 1.29 is 0 Å². The molecule has 20 heavy (non-hydrogen) atoms. The van der Waals surface area contributed by atoms with Gasteiger partial charge in [0, 0.05) is 12.0 Å². The van der Waals surface area contributed by atoms with Crippen molar-refractivity contribution in [2.75, 3.05) is 20.1 Å². The van der Waals surface area contributed by atoms with Crippen LogP contribution in [-0.2, 0) is 11.8 Å². The molecule has 1 heterocycles. The molecule has 1 aromatic carbocycles. The minimum Gasteiger partial charge on any atom is -0.305 e. The standard InChI is InChI=1S/C15H21N.2C2H6/c1-11-4-5-12(2)14-13(11)6-7-15(14)8-9-16(3)10-15;2*1-2/h4-5H,6-10H2,1-3H3;2*1-2H3. The van der Waals surface area contributed by atoms with E-state index in [1.54, 1.807) is 11.1 Å². The van der Waals surface area contributed by atoms with Gasteiger partial charge in [-0.25, -0.2) is 0 Å². The lowest BCUT2D eigenvalue weighted by Crippen LogP contribution is -2.27. The molecule has 1 fully saturated rings. The Morgan fingerprint density at radius 1 is 0.950 bits per heavy atom. The van der Waals surface area contributed by atoms with Gasteiger partial charge in [0.05, 0.1) is 0 Å². The van der Waals surface area contributed by atoms with Gasteiger partial charge in [-0.15, -0.1) is 0 Å². The Bertz CT molecular complexity index is 436. The Morgan fingerprint density at radius 3 is 2.10 bits per heavy atom. The molecule has 1 atom stereocenters. The van der Waals surface area contributed by atoms with Crippen molar-refractivity contribution in [1.82, 2.24) is 4.90 Å². The number of hydrogen-bond acceptors (Lipinski definition) is 1. The molecule has 1 aliphatic carbocycles. The highest BCUT2D eigenvalue weighted by Gasteiger charge is 2.44. The molecule has 0 saturated carbocycles. The smallest absolute Gasteiger partial charge is 0.0101 e. The Hall–Kier alpha value is -0.820. The topological polar surface area (TPSA) is 3.24 Å². The monoisotopic (exact) mass is 275 g/mol. The minimum atomic E-state index is 0.500. The predicted molar refractivity (Wildman–Crippen MR) is 90.7 cm³/mol. The van der Waals surface area contributed by atoms with Crippen LogP contribution in [-0.4, -0.2) is 25.0 Å². The summed E-state index contributed by atoms with van der Waals surface area (Å²) >= 11 is 0. The number of likely N-dealkylation sites (tertiary alicyclic amines) is 1. The zero-order chi connectivity index (χ0) is 15.3. The fourth-order valence-corrected chi connectivity index (χ4v) is 3.91. The average molecular weight is 275 g/mol. The lowest BCUT2D eigenvalue weighted by atomic mass is 9.78. The van der Waals surface area contributed by atoms with Gasteiger partial charge in [0.1, 0.15) is 0 Å². The van der Waals surface area contributed by atoms with Crippen LogP contribution in [0.25, 0.3) is 0 Å². The highest BCUT2D eigenvalue weighted by molar-refractivity contribution is 5.49. The summed E-state index contributed by atoms with van der Waals surface area (Å²) < 4.78 is 0. The Kier molecular flexibility index (Phi) is 6.26. The molecule has 1 aliphatic heterocycles. The van der Waals surface area contributed by atoms with Gasteiger partial charge in [0.2, 0.25) is 0 Å². The van der Waals surface area contributed by atoms with E-state index in [9.17, 15) is 0 Å². The first-order valence-electron chi connectivity index (χ1n) is 8.40. The molecule has 3 rings (SSSR count). The molecule has 0 amide bonds. The number of likely N-dealkylation sites (N-methyl/N-ethyl adjacent to an activating group) is 1. The quantitative estimate of drug-likeness (QED) is 0.652. The van der Waals surface area contributed by atoms with E-state index >= 15 is 0 Å². The van der Waals surface area contributed by atoms with Crippen LogP contribution in [0, 0.1) is 13.8 Å². The molecule has 0 aromatic heterocycles. The second-order valence-electron chi connectivity index (χ2n) is 5.82. The van der Waals surface area contributed by atoms with E-state index in [2.05, 4.69) is 37.9 Å². The maximum Gasteiger partial charge on any atom is 0.0101 e. The average Bonchev–Trinajstić information content (AvgIpc) is 3.04. The molecule has 0 bridgehead atoms. The van der Waals surface area contributed by atoms with Crippen molar-refractivity contribution in [2.45, 2.75) is 66.2 Å². The van der Waals surface area contributed by atoms with Crippen LogP contribution in [0.5, 0.6) is 0 Å². The van der Waals surface area contributed by atoms with Gasteiger partial charge in [-0.3, -0.25) is 0 Å². The van der Waals surface area contributed by atoms with Crippen LogP contribution in [0.3, 0.4) is 0 Å². The van der Waals surface area contributed by atoms with Crippen molar-refractivity contribution >= 4 is 0 Å². The van der Waals surface area contributed by atoms with Gasteiger partial charge < -0.3 is 4.90 Å². The Balaban J connectivity index is 0.000000461. The summed E-state index contributed by atoms with van der Waals surface area (Å²) in [5.41, 5.74) is 6.90. The molecule has 0 N–H and O–H groups in total. The molecule has 1 spiro atoms. The Labute approximate surface area is 126 Å². The van der Waals surface area contributed by atoms with E-state index in [0.29, 0.717) is 5.41 Å². The molecule has 0 radical (unpaired) electrons. The van der Waals surface area contributed by atoms with Crippen molar-refractivity contribution in [3.05, 3.63) is 34.4 Å². The van der Waals surface area contributed by atoms with Crippen LogP contribution in [0.2, 0.25) is 0 Å². The number of fused-ring (bicyclic) bond motifs is 2. The maximum atomic E-state index is 2.50. The third-order valence-electron chi connectivity index (χ3n) is 4.68. The SMILES string of the molecule is CC.CC.Cc1ccc(C)c2c1CCC21CCN(C)C1. The Morgan fingerprint density at radius 2 is 1.55 bits per heavy atom. The van der Waals surface area contributed by atoms with Crippen molar-refractivity contribution in [1.29, 1.82) is 0 Å². The first kappa shape index (κ1) is 17.2. The molecule has 1 saturated heterocycles. The van der Waals surface area contributed by atoms with Crippen LogP contribution in [0.15, 0.2) is 12.1 Å². The molecule has 1 heteroatoms. The lowest BCUT2D eigenvalue weighted by molar-refractivity contribution is 0.366. The third-order valence-corrected chi connectivity index (χ3v) is 4.68. The van der Waals surface area contributed by atoms with E-state index in [0.717, 1.165) is 0 Å². The van der Waals surface area contributed by atoms with E-state index in [4.69, 9.17) is 0 Å². The number of nitrogens with zero attached hydrogens (tertiary/aromatic N) is 1. The normalized spacial score (nSPS) is 23.8. The molecule has 1 nitrogen and oxygen atoms in total. The zero-order valence-electron chi connectivity index (χ0n) is 14.6. The van der Waals surface area contributed by atoms with Crippen molar-refractivity contribution in [2.24, 2.45) is 0 Å².